The smallest absolute Gasteiger partial charge is 0.251 e. The third-order valence-electron chi connectivity index (χ3n) is 3.41. The van der Waals surface area contributed by atoms with Gasteiger partial charge in [0.05, 0.1) is 0 Å². The molecule has 0 radical (unpaired) electrons. The predicted molar refractivity (Wildman–Crippen MR) is 87.6 cm³/mol. The Bertz CT molecular complexity index is 626. The number of hydrogen-bond acceptors (Lipinski definition) is 4. The molecule has 8 nitrogen and oxygen atoms in total. The number of benzene rings is 1. The van der Waals surface area contributed by atoms with Crippen LogP contribution in [-0.4, -0.2) is 35.7 Å². The predicted octanol–water partition coefficient (Wildman–Crippen LogP) is -0.795. The number of aryl methyl sites for hydroxylation is 1. The molecule has 0 spiro atoms. The molecule has 0 aliphatic rings. The van der Waals surface area contributed by atoms with E-state index in [0.717, 1.165) is 5.56 Å². The number of nitrogens with one attached hydrogen (secondary N) is 2. The van der Waals surface area contributed by atoms with Crippen LogP contribution in [0.3, 0.4) is 0 Å². The Balaban J connectivity index is 2.88. The summed E-state index contributed by atoms with van der Waals surface area (Å²) in [6.45, 7) is 5.31. The normalized spacial score (nSPS) is 11.9. The maximum absolute atomic E-state index is 12.3. The van der Waals surface area contributed by atoms with Gasteiger partial charge in [-0.3, -0.25) is 19.2 Å². The maximum Gasteiger partial charge on any atom is 0.251 e. The van der Waals surface area contributed by atoms with Crippen LogP contribution in [0.2, 0.25) is 0 Å². The van der Waals surface area contributed by atoms with Gasteiger partial charge in [0.2, 0.25) is 17.7 Å². The van der Waals surface area contributed by atoms with Crippen LogP contribution in [0.5, 0.6) is 0 Å². The Morgan fingerprint density at radius 1 is 0.917 bits per heavy atom. The molecule has 0 unspecified atom stereocenters. The topological polar surface area (TPSA) is 144 Å². The second-order valence-electron chi connectivity index (χ2n) is 5.81. The summed E-state index contributed by atoms with van der Waals surface area (Å²) in [6.07, 6.45) is 0. The van der Waals surface area contributed by atoms with E-state index >= 15 is 0 Å². The summed E-state index contributed by atoms with van der Waals surface area (Å²) in [6, 6.07) is 4.23. The second-order valence-corrected chi connectivity index (χ2v) is 5.81. The van der Waals surface area contributed by atoms with E-state index in [1.807, 2.05) is 6.92 Å². The lowest BCUT2D eigenvalue weighted by Gasteiger charge is -2.23. The molecule has 8 heteroatoms. The van der Waals surface area contributed by atoms with Crippen LogP contribution < -0.4 is 22.1 Å². The minimum atomic E-state index is -1.63. The fraction of sp³-hybridized carbons (Fsp3) is 0.375. The first kappa shape index (κ1) is 19.1. The monoisotopic (exact) mass is 334 g/mol. The molecule has 24 heavy (non-hydrogen) atoms. The molecule has 1 aromatic rings. The summed E-state index contributed by atoms with van der Waals surface area (Å²) in [5.74, 6) is -3.58. The first-order chi connectivity index (χ1) is 11.1. The van der Waals surface area contributed by atoms with Crippen molar-refractivity contribution in [2.75, 3.05) is 0 Å². The highest BCUT2D eigenvalue weighted by atomic mass is 16.2. The molecule has 0 saturated carbocycles. The van der Waals surface area contributed by atoms with Crippen molar-refractivity contribution >= 4 is 23.6 Å². The fourth-order valence-electron chi connectivity index (χ4n) is 1.98. The zero-order valence-electron chi connectivity index (χ0n) is 13.8. The summed E-state index contributed by atoms with van der Waals surface area (Å²) < 4.78 is 0. The largest absolute Gasteiger partial charge is 0.367 e. The lowest BCUT2D eigenvalue weighted by atomic mass is 10.0. The Hall–Kier alpha value is -2.90. The molecule has 130 valence electrons. The molecule has 0 aliphatic carbocycles. The Morgan fingerprint density at radius 3 is 1.83 bits per heavy atom. The number of carbonyl (C=O) groups is 4. The number of rotatable bonds is 7. The molecule has 0 saturated heterocycles. The van der Waals surface area contributed by atoms with Crippen molar-refractivity contribution in [1.29, 1.82) is 0 Å². The number of carbonyl (C=O) groups excluding carboxylic acids is 4. The first-order valence-electron chi connectivity index (χ1n) is 7.40. The lowest BCUT2D eigenvalue weighted by Crippen LogP contribution is -2.58. The van der Waals surface area contributed by atoms with E-state index in [-0.39, 0.29) is 5.92 Å². The molecule has 4 amide bonds. The van der Waals surface area contributed by atoms with Gasteiger partial charge < -0.3 is 22.1 Å². The molecular weight excluding hydrogens is 312 g/mol. The van der Waals surface area contributed by atoms with Gasteiger partial charge in [-0.15, -0.1) is 0 Å². The molecule has 0 fully saturated rings. The van der Waals surface area contributed by atoms with Gasteiger partial charge >= 0.3 is 0 Å². The van der Waals surface area contributed by atoms with Gasteiger partial charge in [-0.25, -0.2) is 0 Å². The third kappa shape index (κ3) is 5.08. The summed E-state index contributed by atoms with van der Waals surface area (Å²) in [7, 11) is 0. The molecule has 0 aliphatic heterocycles. The van der Waals surface area contributed by atoms with Crippen molar-refractivity contribution < 1.29 is 19.2 Å². The molecule has 1 rings (SSSR count). The van der Waals surface area contributed by atoms with Gasteiger partial charge in [0.1, 0.15) is 6.04 Å². The SMILES string of the molecule is Cc1ccc(C(=O)N[C@H](C(=O)NC(C(N)=O)C(N)=O)C(C)C)cc1. The zero-order chi connectivity index (χ0) is 18.4. The highest BCUT2D eigenvalue weighted by Gasteiger charge is 2.30. The summed E-state index contributed by atoms with van der Waals surface area (Å²) in [5, 5.41) is 4.74. The molecule has 6 N–H and O–H groups in total. The van der Waals surface area contributed by atoms with Crippen molar-refractivity contribution in [2.24, 2.45) is 17.4 Å². The quantitative estimate of drug-likeness (QED) is 0.484. The van der Waals surface area contributed by atoms with E-state index in [4.69, 9.17) is 11.5 Å². The first-order valence-corrected chi connectivity index (χ1v) is 7.40. The maximum atomic E-state index is 12.3. The lowest BCUT2D eigenvalue weighted by molar-refractivity contribution is -0.135. The standard InChI is InChI=1S/C16H22N4O4/c1-8(2)11(16(24)20-12(13(17)21)14(18)22)19-15(23)10-6-4-9(3)5-7-10/h4-8,11-12H,1-3H3,(H2,17,21)(H2,18,22)(H,19,23)(H,20,24)/t11-/m0/s1. The summed E-state index contributed by atoms with van der Waals surface area (Å²) in [5.41, 5.74) is 11.4. The average Bonchev–Trinajstić information content (AvgIpc) is 2.49. The van der Waals surface area contributed by atoms with Crippen LogP contribution in [0.4, 0.5) is 0 Å². The minimum absolute atomic E-state index is 0.291. The van der Waals surface area contributed by atoms with E-state index in [1.165, 1.54) is 0 Å². The van der Waals surface area contributed by atoms with Crippen LogP contribution in [0.25, 0.3) is 0 Å². The van der Waals surface area contributed by atoms with Crippen LogP contribution in [-0.2, 0) is 14.4 Å². The summed E-state index contributed by atoms with van der Waals surface area (Å²) >= 11 is 0. The van der Waals surface area contributed by atoms with Crippen molar-refractivity contribution in [3.05, 3.63) is 35.4 Å². The Kier molecular flexibility index (Phi) is 6.46. The number of hydrogen-bond donors (Lipinski definition) is 4. The average molecular weight is 334 g/mol. The van der Waals surface area contributed by atoms with Crippen LogP contribution in [0, 0.1) is 12.8 Å². The Morgan fingerprint density at radius 2 is 1.42 bits per heavy atom. The van der Waals surface area contributed by atoms with Crippen LogP contribution in [0.15, 0.2) is 24.3 Å². The molecule has 1 aromatic carbocycles. The van der Waals surface area contributed by atoms with Crippen molar-refractivity contribution in [3.63, 3.8) is 0 Å². The van der Waals surface area contributed by atoms with Crippen molar-refractivity contribution in [1.82, 2.24) is 10.6 Å². The summed E-state index contributed by atoms with van der Waals surface area (Å²) in [4.78, 5) is 46.9. The van der Waals surface area contributed by atoms with E-state index < -0.39 is 35.7 Å². The van der Waals surface area contributed by atoms with E-state index in [0.29, 0.717) is 5.56 Å². The highest BCUT2D eigenvalue weighted by molar-refractivity contribution is 6.06. The fourth-order valence-corrected chi connectivity index (χ4v) is 1.98. The molecule has 0 bridgehead atoms. The number of primary amides is 2. The zero-order valence-corrected chi connectivity index (χ0v) is 13.8. The van der Waals surface area contributed by atoms with Gasteiger partial charge in [-0.05, 0) is 25.0 Å². The van der Waals surface area contributed by atoms with Gasteiger partial charge in [-0.1, -0.05) is 31.5 Å². The van der Waals surface area contributed by atoms with E-state index in [9.17, 15) is 19.2 Å². The molecular formula is C16H22N4O4. The van der Waals surface area contributed by atoms with Crippen LogP contribution in [0.1, 0.15) is 29.8 Å². The van der Waals surface area contributed by atoms with Gasteiger partial charge in [-0.2, -0.15) is 0 Å². The molecule has 1 atom stereocenters. The molecule has 0 aromatic heterocycles. The van der Waals surface area contributed by atoms with Gasteiger partial charge in [0.25, 0.3) is 5.91 Å². The number of amides is 4. The minimum Gasteiger partial charge on any atom is -0.367 e. The third-order valence-corrected chi connectivity index (χ3v) is 3.41. The van der Waals surface area contributed by atoms with E-state index in [2.05, 4.69) is 10.6 Å². The van der Waals surface area contributed by atoms with Gasteiger partial charge in [0.15, 0.2) is 6.04 Å². The van der Waals surface area contributed by atoms with E-state index in [1.54, 1.807) is 38.1 Å². The highest BCUT2D eigenvalue weighted by Crippen LogP contribution is 2.07. The van der Waals surface area contributed by atoms with Crippen molar-refractivity contribution in [2.45, 2.75) is 32.9 Å². The number of nitrogens with two attached hydrogens (primary N) is 2. The van der Waals surface area contributed by atoms with Gasteiger partial charge in [0, 0.05) is 5.56 Å². The Labute approximate surface area is 140 Å². The van der Waals surface area contributed by atoms with Crippen molar-refractivity contribution in [3.8, 4) is 0 Å². The van der Waals surface area contributed by atoms with Crippen LogP contribution >= 0.6 is 0 Å². The molecule has 0 heterocycles. The second kappa shape index (κ2) is 8.09.